The van der Waals surface area contributed by atoms with Gasteiger partial charge in [-0.05, 0) is 29.6 Å². The molecule has 0 aliphatic rings. The van der Waals surface area contributed by atoms with Crippen LogP contribution in [0.3, 0.4) is 0 Å². The predicted octanol–water partition coefficient (Wildman–Crippen LogP) is 2.96. The van der Waals surface area contributed by atoms with Gasteiger partial charge < -0.3 is 0 Å². The van der Waals surface area contributed by atoms with Gasteiger partial charge in [0.1, 0.15) is 0 Å². The van der Waals surface area contributed by atoms with E-state index in [1.807, 2.05) is 16.8 Å². The van der Waals surface area contributed by atoms with Crippen LogP contribution in [0.15, 0.2) is 52.3 Å². The van der Waals surface area contributed by atoms with Gasteiger partial charge in [-0.15, -0.1) is 0 Å². The van der Waals surface area contributed by atoms with Gasteiger partial charge in [0.2, 0.25) is 10.0 Å². The fraction of sp³-hybridized carbons (Fsp3) is 0.0667. The van der Waals surface area contributed by atoms with E-state index in [0.29, 0.717) is 17.5 Å². The molecular weight excluding hydrogens is 356 g/mol. The van der Waals surface area contributed by atoms with Crippen LogP contribution in [0.25, 0.3) is 11.3 Å². The Morgan fingerprint density at radius 3 is 2.58 bits per heavy atom. The van der Waals surface area contributed by atoms with Gasteiger partial charge in [-0.3, -0.25) is 9.97 Å². The summed E-state index contributed by atoms with van der Waals surface area (Å²) < 4.78 is 52.9. The first-order chi connectivity index (χ1) is 11.5. The van der Waals surface area contributed by atoms with Crippen molar-refractivity contribution in [2.75, 3.05) is 0 Å². The molecule has 0 unspecified atom stereocenters. The summed E-state index contributed by atoms with van der Waals surface area (Å²) in [5.74, 6) is -2.33. The van der Waals surface area contributed by atoms with Crippen molar-refractivity contribution in [3.05, 3.63) is 64.7 Å². The summed E-state index contributed by atoms with van der Waals surface area (Å²) in [4.78, 5) is 8.01. The number of aromatic nitrogens is 2. The molecule has 0 fully saturated rings. The molecule has 2 aromatic heterocycles. The zero-order chi connectivity index (χ0) is 17.2. The number of hydrogen-bond donors (Lipinski definition) is 1. The Kier molecular flexibility index (Phi) is 4.65. The summed E-state index contributed by atoms with van der Waals surface area (Å²) >= 11 is 1.48. The van der Waals surface area contributed by atoms with E-state index in [2.05, 4.69) is 14.7 Å². The maximum absolute atomic E-state index is 13.2. The van der Waals surface area contributed by atoms with E-state index < -0.39 is 21.7 Å². The number of thiophene rings is 1. The second-order valence-corrected chi connectivity index (χ2v) is 7.31. The molecule has 2 heterocycles. The Bertz CT molecular complexity index is 961. The molecule has 0 bridgehead atoms. The van der Waals surface area contributed by atoms with Crippen LogP contribution in [-0.2, 0) is 16.6 Å². The van der Waals surface area contributed by atoms with Crippen LogP contribution in [0, 0.1) is 11.6 Å². The number of halogens is 2. The third kappa shape index (κ3) is 3.48. The molecule has 3 aromatic rings. The molecule has 0 aliphatic carbocycles. The first-order valence-electron chi connectivity index (χ1n) is 6.74. The van der Waals surface area contributed by atoms with E-state index in [1.165, 1.54) is 23.7 Å². The lowest BCUT2D eigenvalue weighted by molar-refractivity contribution is 0.504. The molecule has 0 spiro atoms. The van der Waals surface area contributed by atoms with Gasteiger partial charge in [0.05, 0.1) is 22.8 Å². The Hall–Kier alpha value is -2.23. The standard InChI is InChI=1S/C15H11F2N3O2S2/c16-12-2-1-11(7-13(12)17)24(21,22)20-8-14-15(19-5-4-18-14)10-3-6-23-9-10/h1-7,9,20H,8H2. The van der Waals surface area contributed by atoms with Crippen molar-refractivity contribution >= 4 is 21.4 Å². The number of hydrogen-bond acceptors (Lipinski definition) is 5. The summed E-state index contributed by atoms with van der Waals surface area (Å²) in [6.07, 6.45) is 2.97. The summed E-state index contributed by atoms with van der Waals surface area (Å²) in [5, 5.41) is 3.75. The zero-order valence-corrected chi connectivity index (χ0v) is 13.7. The monoisotopic (exact) mass is 367 g/mol. The number of benzene rings is 1. The Morgan fingerprint density at radius 1 is 1.08 bits per heavy atom. The van der Waals surface area contributed by atoms with Gasteiger partial charge in [0.25, 0.3) is 0 Å². The minimum absolute atomic E-state index is 0.125. The molecule has 0 aliphatic heterocycles. The van der Waals surface area contributed by atoms with E-state index in [9.17, 15) is 17.2 Å². The third-order valence-electron chi connectivity index (χ3n) is 3.20. The largest absolute Gasteiger partial charge is 0.256 e. The van der Waals surface area contributed by atoms with Crippen molar-refractivity contribution in [1.82, 2.24) is 14.7 Å². The average Bonchev–Trinajstić information content (AvgIpc) is 3.10. The second kappa shape index (κ2) is 6.71. The number of nitrogens with zero attached hydrogens (tertiary/aromatic N) is 2. The summed E-state index contributed by atoms with van der Waals surface area (Å²) in [7, 11) is -4.01. The summed E-state index contributed by atoms with van der Waals surface area (Å²) in [5.41, 5.74) is 1.82. The average molecular weight is 367 g/mol. The van der Waals surface area contributed by atoms with Crippen LogP contribution in [0.4, 0.5) is 8.78 Å². The SMILES string of the molecule is O=S(=O)(NCc1nccnc1-c1ccsc1)c1ccc(F)c(F)c1. The summed E-state index contributed by atoms with van der Waals surface area (Å²) in [6, 6.07) is 4.25. The molecule has 1 aromatic carbocycles. The van der Waals surface area contributed by atoms with Crippen LogP contribution >= 0.6 is 11.3 Å². The molecule has 0 saturated carbocycles. The Morgan fingerprint density at radius 2 is 1.88 bits per heavy atom. The molecule has 3 rings (SSSR count). The Balaban J connectivity index is 1.84. The van der Waals surface area contributed by atoms with Crippen LogP contribution < -0.4 is 4.72 Å². The molecule has 1 N–H and O–H groups in total. The smallest absolute Gasteiger partial charge is 0.241 e. The lowest BCUT2D eigenvalue weighted by atomic mass is 10.2. The topological polar surface area (TPSA) is 72.0 Å². The van der Waals surface area contributed by atoms with Crippen LogP contribution in [0.5, 0.6) is 0 Å². The van der Waals surface area contributed by atoms with Gasteiger partial charge in [-0.1, -0.05) is 0 Å². The molecular formula is C15H11F2N3O2S2. The molecule has 124 valence electrons. The maximum Gasteiger partial charge on any atom is 0.241 e. The number of sulfonamides is 1. The van der Waals surface area contributed by atoms with Gasteiger partial charge in [-0.2, -0.15) is 11.3 Å². The van der Waals surface area contributed by atoms with E-state index in [0.717, 1.165) is 17.7 Å². The first kappa shape index (κ1) is 16.6. The minimum Gasteiger partial charge on any atom is -0.256 e. The van der Waals surface area contributed by atoms with Crippen molar-refractivity contribution in [2.24, 2.45) is 0 Å². The van der Waals surface area contributed by atoms with Gasteiger partial charge in [-0.25, -0.2) is 21.9 Å². The fourth-order valence-electron chi connectivity index (χ4n) is 2.03. The van der Waals surface area contributed by atoms with Gasteiger partial charge in [0.15, 0.2) is 11.6 Å². The van der Waals surface area contributed by atoms with Crippen molar-refractivity contribution < 1.29 is 17.2 Å². The van der Waals surface area contributed by atoms with E-state index >= 15 is 0 Å². The third-order valence-corrected chi connectivity index (χ3v) is 5.28. The van der Waals surface area contributed by atoms with Crippen LogP contribution in [0.1, 0.15) is 5.69 Å². The van der Waals surface area contributed by atoms with Crippen molar-refractivity contribution in [2.45, 2.75) is 11.4 Å². The highest BCUT2D eigenvalue weighted by Crippen LogP contribution is 2.22. The molecule has 24 heavy (non-hydrogen) atoms. The van der Waals surface area contributed by atoms with Crippen LogP contribution in [0.2, 0.25) is 0 Å². The predicted molar refractivity (Wildman–Crippen MR) is 85.7 cm³/mol. The molecule has 9 heteroatoms. The first-order valence-corrected chi connectivity index (χ1v) is 9.17. The van der Waals surface area contributed by atoms with E-state index in [-0.39, 0.29) is 11.4 Å². The quantitative estimate of drug-likeness (QED) is 0.753. The van der Waals surface area contributed by atoms with E-state index in [1.54, 1.807) is 0 Å². The highest BCUT2D eigenvalue weighted by molar-refractivity contribution is 7.89. The molecule has 0 radical (unpaired) electrons. The molecule has 0 amide bonds. The highest BCUT2D eigenvalue weighted by atomic mass is 32.2. The summed E-state index contributed by atoms with van der Waals surface area (Å²) in [6.45, 7) is -0.125. The van der Waals surface area contributed by atoms with Crippen LogP contribution in [-0.4, -0.2) is 18.4 Å². The number of rotatable bonds is 5. The van der Waals surface area contributed by atoms with E-state index in [4.69, 9.17) is 0 Å². The highest BCUT2D eigenvalue weighted by Gasteiger charge is 2.18. The minimum atomic E-state index is -4.01. The maximum atomic E-state index is 13.2. The number of nitrogens with one attached hydrogen (secondary N) is 1. The Labute approximate surface area is 141 Å². The van der Waals surface area contributed by atoms with Gasteiger partial charge >= 0.3 is 0 Å². The zero-order valence-electron chi connectivity index (χ0n) is 12.1. The second-order valence-electron chi connectivity index (χ2n) is 4.76. The molecule has 0 atom stereocenters. The molecule has 0 saturated heterocycles. The fourth-order valence-corrected chi connectivity index (χ4v) is 3.67. The molecule has 5 nitrogen and oxygen atoms in total. The van der Waals surface area contributed by atoms with Crippen molar-refractivity contribution in [1.29, 1.82) is 0 Å². The van der Waals surface area contributed by atoms with Gasteiger partial charge in [0, 0.05) is 23.3 Å². The normalized spacial score (nSPS) is 11.6. The lowest BCUT2D eigenvalue weighted by Crippen LogP contribution is -2.24. The van der Waals surface area contributed by atoms with Crippen molar-refractivity contribution in [3.8, 4) is 11.3 Å². The van der Waals surface area contributed by atoms with Crippen molar-refractivity contribution in [3.63, 3.8) is 0 Å². The lowest BCUT2D eigenvalue weighted by Gasteiger charge is -2.09.